The van der Waals surface area contributed by atoms with E-state index in [2.05, 4.69) is 0 Å². The molecule has 4 nitrogen and oxygen atoms in total. The molecule has 25 heavy (non-hydrogen) atoms. The van der Waals surface area contributed by atoms with Gasteiger partial charge < -0.3 is 10.6 Å². The Morgan fingerprint density at radius 3 is 2.00 bits per heavy atom. The number of nitrogens with two attached hydrogens (primary N) is 1. The zero-order valence-electron chi connectivity index (χ0n) is 14.2. The van der Waals surface area contributed by atoms with E-state index in [1.807, 2.05) is 0 Å². The van der Waals surface area contributed by atoms with Crippen LogP contribution in [0.4, 0.5) is 13.2 Å². The molecular formula is C16H28Cl2F3N3O. The number of nitrogens with zero attached hydrogens (tertiary/aromatic N) is 2. The van der Waals surface area contributed by atoms with Crippen LogP contribution in [0, 0.1) is 17.8 Å². The van der Waals surface area contributed by atoms with Crippen LogP contribution in [0.15, 0.2) is 0 Å². The first-order valence-electron chi connectivity index (χ1n) is 8.67. The summed E-state index contributed by atoms with van der Waals surface area (Å²) in [6.07, 6.45) is 0.989. The minimum absolute atomic E-state index is 0. The van der Waals surface area contributed by atoms with E-state index in [1.54, 1.807) is 4.90 Å². The van der Waals surface area contributed by atoms with Gasteiger partial charge in [-0.05, 0) is 37.5 Å². The number of hydrogen-bond donors (Lipinski definition) is 1. The summed E-state index contributed by atoms with van der Waals surface area (Å²) in [5.41, 5.74) is 6.26. The van der Waals surface area contributed by atoms with Crippen LogP contribution in [0.3, 0.4) is 0 Å². The molecule has 1 saturated heterocycles. The summed E-state index contributed by atoms with van der Waals surface area (Å²) in [6, 6.07) is 0.233. The topological polar surface area (TPSA) is 49.6 Å². The molecule has 3 rings (SSSR count). The van der Waals surface area contributed by atoms with Crippen LogP contribution < -0.4 is 5.73 Å². The fourth-order valence-electron chi connectivity index (χ4n) is 4.63. The summed E-state index contributed by atoms with van der Waals surface area (Å²) in [6.45, 7) is 0.561. The first-order valence-corrected chi connectivity index (χ1v) is 8.67. The highest BCUT2D eigenvalue weighted by Crippen LogP contribution is 2.42. The van der Waals surface area contributed by atoms with E-state index < -0.39 is 12.7 Å². The quantitative estimate of drug-likeness (QED) is 0.767. The monoisotopic (exact) mass is 405 g/mol. The molecule has 148 valence electrons. The molecule has 0 aromatic carbocycles. The number of amides is 1. The summed E-state index contributed by atoms with van der Waals surface area (Å²) in [5.74, 6) is 1.06. The maximum absolute atomic E-state index is 12.7. The van der Waals surface area contributed by atoms with Gasteiger partial charge in [-0.15, -0.1) is 24.8 Å². The Kier molecular flexibility index (Phi) is 8.31. The lowest BCUT2D eigenvalue weighted by Crippen LogP contribution is -2.54. The molecule has 1 amide bonds. The van der Waals surface area contributed by atoms with E-state index in [0.29, 0.717) is 38.0 Å². The SMILES string of the molecule is Cl.Cl.NC1C2CCCC1CC(C(=O)N1CCN(CC(F)(F)F)CC1)C2. The first kappa shape index (κ1) is 22.8. The van der Waals surface area contributed by atoms with Crippen molar-refractivity contribution in [1.29, 1.82) is 0 Å². The van der Waals surface area contributed by atoms with Gasteiger partial charge in [0, 0.05) is 38.1 Å². The van der Waals surface area contributed by atoms with Gasteiger partial charge in [-0.25, -0.2) is 0 Å². The van der Waals surface area contributed by atoms with E-state index in [4.69, 9.17) is 5.73 Å². The molecule has 2 bridgehead atoms. The Morgan fingerprint density at radius 1 is 1.00 bits per heavy atom. The summed E-state index contributed by atoms with van der Waals surface area (Å²) < 4.78 is 37.3. The zero-order chi connectivity index (χ0) is 16.6. The van der Waals surface area contributed by atoms with Crippen LogP contribution in [-0.4, -0.2) is 60.6 Å². The molecule has 0 radical (unpaired) electrons. The highest BCUT2D eigenvalue weighted by molar-refractivity contribution is 5.85. The molecule has 3 aliphatic rings. The molecule has 0 aromatic rings. The predicted octanol–water partition coefficient (Wildman–Crippen LogP) is 2.69. The van der Waals surface area contributed by atoms with Crippen LogP contribution in [0.1, 0.15) is 32.1 Å². The number of carbonyl (C=O) groups is 1. The standard InChI is InChI=1S/C16H26F3N3O.2ClH/c17-16(18,19)10-21-4-6-22(7-5-21)15(23)13-8-11-2-1-3-12(9-13)14(11)20;;/h11-14H,1-10,20H2;2*1H. The fourth-order valence-corrected chi connectivity index (χ4v) is 4.63. The van der Waals surface area contributed by atoms with Crippen molar-refractivity contribution in [2.24, 2.45) is 23.5 Å². The third kappa shape index (κ3) is 5.62. The van der Waals surface area contributed by atoms with Gasteiger partial charge in [0.2, 0.25) is 5.91 Å². The van der Waals surface area contributed by atoms with Crippen molar-refractivity contribution < 1.29 is 18.0 Å². The van der Waals surface area contributed by atoms with Gasteiger partial charge in [0.15, 0.2) is 0 Å². The number of hydrogen-bond acceptors (Lipinski definition) is 3. The van der Waals surface area contributed by atoms with Crippen molar-refractivity contribution in [1.82, 2.24) is 9.80 Å². The van der Waals surface area contributed by atoms with E-state index >= 15 is 0 Å². The van der Waals surface area contributed by atoms with Crippen LogP contribution >= 0.6 is 24.8 Å². The van der Waals surface area contributed by atoms with Crippen molar-refractivity contribution in [2.75, 3.05) is 32.7 Å². The van der Waals surface area contributed by atoms with Gasteiger partial charge in [-0.3, -0.25) is 9.69 Å². The Hall–Kier alpha value is -0.240. The van der Waals surface area contributed by atoms with Crippen molar-refractivity contribution in [3.8, 4) is 0 Å². The zero-order valence-corrected chi connectivity index (χ0v) is 15.8. The van der Waals surface area contributed by atoms with Crippen molar-refractivity contribution in [3.63, 3.8) is 0 Å². The Morgan fingerprint density at radius 2 is 1.52 bits per heavy atom. The van der Waals surface area contributed by atoms with Gasteiger partial charge in [-0.1, -0.05) is 6.42 Å². The Labute approximate surface area is 159 Å². The highest BCUT2D eigenvalue weighted by atomic mass is 35.5. The smallest absolute Gasteiger partial charge is 0.340 e. The van der Waals surface area contributed by atoms with Crippen LogP contribution in [-0.2, 0) is 4.79 Å². The molecule has 2 N–H and O–H groups in total. The second-order valence-electron chi connectivity index (χ2n) is 7.41. The number of carbonyl (C=O) groups excluding carboxylic acids is 1. The predicted molar refractivity (Wildman–Crippen MR) is 95.1 cm³/mol. The summed E-state index contributed by atoms with van der Waals surface area (Å²) >= 11 is 0. The van der Waals surface area contributed by atoms with Crippen LogP contribution in [0.2, 0.25) is 0 Å². The molecule has 9 heteroatoms. The van der Waals surface area contributed by atoms with Crippen molar-refractivity contribution >= 4 is 30.7 Å². The first-order chi connectivity index (χ1) is 10.8. The van der Waals surface area contributed by atoms with Gasteiger partial charge in [0.05, 0.1) is 6.54 Å². The van der Waals surface area contributed by atoms with Gasteiger partial charge in [-0.2, -0.15) is 13.2 Å². The number of fused-ring (bicyclic) bond motifs is 2. The summed E-state index contributed by atoms with van der Waals surface area (Å²) in [7, 11) is 0. The molecule has 1 heterocycles. The molecule has 2 aliphatic carbocycles. The molecule has 3 fully saturated rings. The average molecular weight is 406 g/mol. The van der Waals surface area contributed by atoms with Crippen LogP contribution in [0.25, 0.3) is 0 Å². The number of piperazine rings is 1. The minimum atomic E-state index is -4.16. The normalized spacial score (nSPS) is 33.2. The number of halogens is 5. The number of alkyl halides is 3. The van der Waals surface area contributed by atoms with Gasteiger partial charge >= 0.3 is 6.18 Å². The fraction of sp³-hybridized carbons (Fsp3) is 0.938. The molecule has 2 atom stereocenters. The number of rotatable bonds is 2. The lowest BCUT2D eigenvalue weighted by molar-refractivity contribution is -0.153. The van der Waals surface area contributed by atoms with Gasteiger partial charge in [0.25, 0.3) is 0 Å². The highest BCUT2D eigenvalue weighted by Gasteiger charge is 2.42. The second kappa shape index (κ2) is 9.11. The lowest BCUT2D eigenvalue weighted by atomic mass is 9.65. The van der Waals surface area contributed by atoms with Crippen molar-refractivity contribution in [2.45, 2.75) is 44.3 Å². The van der Waals surface area contributed by atoms with Gasteiger partial charge in [0.1, 0.15) is 0 Å². The molecule has 0 spiro atoms. The third-order valence-electron chi connectivity index (χ3n) is 5.85. The summed E-state index contributed by atoms with van der Waals surface area (Å²) in [4.78, 5) is 15.9. The van der Waals surface area contributed by atoms with E-state index in [1.165, 1.54) is 11.3 Å². The second-order valence-corrected chi connectivity index (χ2v) is 7.41. The lowest BCUT2D eigenvalue weighted by Gasteiger charge is -2.45. The maximum Gasteiger partial charge on any atom is 0.401 e. The van der Waals surface area contributed by atoms with Crippen molar-refractivity contribution in [3.05, 3.63) is 0 Å². The van der Waals surface area contributed by atoms with E-state index in [0.717, 1.165) is 25.7 Å². The Balaban J connectivity index is 0.00000156. The average Bonchev–Trinajstić information content (AvgIpc) is 2.45. The molecule has 0 aromatic heterocycles. The Bertz CT molecular complexity index is 431. The molecular weight excluding hydrogens is 378 g/mol. The molecule has 2 unspecified atom stereocenters. The largest absolute Gasteiger partial charge is 0.401 e. The third-order valence-corrected chi connectivity index (χ3v) is 5.85. The van der Waals surface area contributed by atoms with Crippen LogP contribution in [0.5, 0.6) is 0 Å². The molecule has 2 saturated carbocycles. The van der Waals surface area contributed by atoms with E-state index in [-0.39, 0.29) is 42.7 Å². The minimum Gasteiger partial charge on any atom is -0.340 e. The molecule has 1 aliphatic heterocycles. The summed E-state index contributed by atoms with van der Waals surface area (Å²) in [5, 5.41) is 0. The maximum atomic E-state index is 12.7. The van der Waals surface area contributed by atoms with E-state index in [9.17, 15) is 18.0 Å².